The number of rotatable bonds is 5. The van der Waals surface area contributed by atoms with Crippen LogP contribution in [0.1, 0.15) is 6.92 Å². The second-order valence-electron chi connectivity index (χ2n) is 3.37. The van der Waals surface area contributed by atoms with Gasteiger partial charge in [0.05, 0.1) is 5.02 Å². The topological polar surface area (TPSA) is 38.3 Å². The van der Waals surface area contributed by atoms with E-state index in [1.165, 1.54) is 0 Å². The summed E-state index contributed by atoms with van der Waals surface area (Å²) >= 11 is 11.7. The molecule has 1 amide bonds. The quantitative estimate of drug-likeness (QED) is 0.838. The third-order valence-electron chi connectivity index (χ3n) is 1.99. The van der Waals surface area contributed by atoms with Crippen LogP contribution in [0.3, 0.4) is 0 Å². The maximum Gasteiger partial charge on any atom is 0.261 e. The van der Waals surface area contributed by atoms with E-state index in [0.717, 1.165) is 0 Å². The normalized spacial score (nSPS) is 11.7. The third kappa shape index (κ3) is 4.29. The predicted molar refractivity (Wildman–Crippen MR) is 69.8 cm³/mol. The maximum atomic E-state index is 11.5. The molecule has 0 aliphatic carbocycles. The van der Waals surface area contributed by atoms with Gasteiger partial charge in [-0.3, -0.25) is 4.79 Å². The Balaban J connectivity index is 2.64. The van der Waals surface area contributed by atoms with E-state index in [2.05, 4.69) is 11.9 Å². The first-order valence-electron chi connectivity index (χ1n) is 5.05. The Labute approximate surface area is 110 Å². The molecule has 0 aromatic heterocycles. The summed E-state index contributed by atoms with van der Waals surface area (Å²) in [7, 11) is 0. The van der Waals surface area contributed by atoms with Crippen molar-refractivity contribution in [1.29, 1.82) is 0 Å². The molecule has 3 nitrogen and oxygen atoms in total. The highest BCUT2D eigenvalue weighted by molar-refractivity contribution is 6.35. The van der Waals surface area contributed by atoms with Crippen molar-refractivity contribution in [2.75, 3.05) is 6.54 Å². The molecule has 1 aromatic rings. The van der Waals surface area contributed by atoms with E-state index < -0.39 is 6.10 Å². The second-order valence-corrected chi connectivity index (χ2v) is 4.21. The van der Waals surface area contributed by atoms with E-state index in [0.29, 0.717) is 22.3 Å². The van der Waals surface area contributed by atoms with Gasteiger partial charge in [-0.15, -0.1) is 6.58 Å². The summed E-state index contributed by atoms with van der Waals surface area (Å²) in [4.78, 5) is 11.5. The summed E-state index contributed by atoms with van der Waals surface area (Å²) in [6.07, 6.45) is 0.966. The smallest absolute Gasteiger partial charge is 0.261 e. The Kier molecular flexibility index (Phi) is 5.32. The predicted octanol–water partition coefficient (Wildman–Crippen LogP) is 3.06. The van der Waals surface area contributed by atoms with Gasteiger partial charge in [0.1, 0.15) is 5.75 Å². The number of carbonyl (C=O) groups is 1. The second kappa shape index (κ2) is 6.52. The van der Waals surface area contributed by atoms with Crippen LogP contribution in [0.5, 0.6) is 5.75 Å². The van der Waals surface area contributed by atoms with Crippen LogP contribution in [0.2, 0.25) is 10.0 Å². The number of nitrogens with one attached hydrogen (secondary N) is 1. The number of benzene rings is 1. The molecule has 0 saturated heterocycles. The molecule has 0 bridgehead atoms. The van der Waals surface area contributed by atoms with E-state index in [9.17, 15) is 4.79 Å². The molecule has 0 aliphatic heterocycles. The Morgan fingerprint density at radius 3 is 2.88 bits per heavy atom. The highest BCUT2D eigenvalue weighted by Crippen LogP contribution is 2.28. The minimum absolute atomic E-state index is 0.226. The molecular weight excluding hydrogens is 261 g/mol. The van der Waals surface area contributed by atoms with Gasteiger partial charge in [0.25, 0.3) is 5.91 Å². The molecule has 92 valence electrons. The largest absolute Gasteiger partial charge is 0.479 e. The van der Waals surface area contributed by atoms with Crippen molar-refractivity contribution < 1.29 is 9.53 Å². The van der Waals surface area contributed by atoms with Crippen molar-refractivity contribution >= 4 is 29.1 Å². The van der Waals surface area contributed by atoms with Gasteiger partial charge in [0.2, 0.25) is 0 Å². The molecule has 1 unspecified atom stereocenters. The van der Waals surface area contributed by atoms with Crippen molar-refractivity contribution in [2.45, 2.75) is 13.0 Å². The van der Waals surface area contributed by atoms with E-state index in [1.807, 2.05) is 0 Å². The van der Waals surface area contributed by atoms with Crippen LogP contribution >= 0.6 is 23.2 Å². The fourth-order valence-electron chi connectivity index (χ4n) is 1.13. The lowest BCUT2D eigenvalue weighted by Crippen LogP contribution is -2.36. The standard InChI is InChI=1S/C12H13Cl2NO2/c1-3-6-15-12(16)8(2)17-11-5-4-9(13)7-10(11)14/h3-5,7-8H,1,6H2,2H3,(H,15,16). The van der Waals surface area contributed by atoms with Crippen molar-refractivity contribution in [3.8, 4) is 5.75 Å². The van der Waals surface area contributed by atoms with Gasteiger partial charge in [-0.2, -0.15) is 0 Å². The van der Waals surface area contributed by atoms with Crippen molar-refractivity contribution in [2.24, 2.45) is 0 Å². The van der Waals surface area contributed by atoms with Crippen LogP contribution in [0.15, 0.2) is 30.9 Å². The first-order chi connectivity index (χ1) is 8.04. The molecule has 1 N–H and O–H groups in total. The summed E-state index contributed by atoms with van der Waals surface area (Å²) in [5.41, 5.74) is 0. The van der Waals surface area contributed by atoms with E-state index in [-0.39, 0.29) is 5.91 Å². The molecule has 0 fully saturated rings. The van der Waals surface area contributed by atoms with Crippen LogP contribution in [0.4, 0.5) is 0 Å². The molecule has 0 heterocycles. The summed E-state index contributed by atoms with van der Waals surface area (Å²) in [5.74, 6) is 0.202. The number of hydrogen-bond donors (Lipinski definition) is 1. The highest BCUT2D eigenvalue weighted by atomic mass is 35.5. The minimum Gasteiger partial charge on any atom is -0.479 e. The fraction of sp³-hybridized carbons (Fsp3) is 0.250. The lowest BCUT2D eigenvalue weighted by molar-refractivity contribution is -0.127. The molecule has 1 rings (SSSR count). The number of ether oxygens (including phenoxy) is 1. The van der Waals surface area contributed by atoms with Crippen molar-refractivity contribution in [3.05, 3.63) is 40.9 Å². The van der Waals surface area contributed by atoms with Crippen LogP contribution in [-0.2, 0) is 4.79 Å². The van der Waals surface area contributed by atoms with Crippen LogP contribution in [0.25, 0.3) is 0 Å². The molecule has 0 radical (unpaired) electrons. The molecule has 17 heavy (non-hydrogen) atoms. The lowest BCUT2D eigenvalue weighted by atomic mass is 10.3. The van der Waals surface area contributed by atoms with Crippen molar-refractivity contribution in [3.63, 3.8) is 0 Å². The molecule has 1 aromatic carbocycles. The van der Waals surface area contributed by atoms with Gasteiger partial charge < -0.3 is 10.1 Å². The van der Waals surface area contributed by atoms with E-state index in [1.54, 1.807) is 31.2 Å². The maximum absolute atomic E-state index is 11.5. The minimum atomic E-state index is -0.631. The Morgan fingerprint density at radius 1 is 1.59 bits per heavy atom. The molecule has 0 aliphatic rings. The Hall–Kier alpha value is -1.19. The zero-order valence-corrected chi connectivity index (χ0v) is 10.9. The monoisotopic (exact) mass is 273 g/mol. The molecule has 1 atom stereocenters. The van der Waals surface area contributed by atoms with Crippen LogP contribution < -0.4 is 10.1 Å². The molecule has 5 heteroatoms. The van der Waals surface area contributed by atoms with Crippen LogP contribution in [0, 0.1) is 0 Å². The molecule has 0 spiro atoms. The summed E-state index contributed by atoms with van der Waals surface area (Å²) in [6, 6.07) is 4.84. The zero-order chi connectivity index (χ0) is 12.8. The van der Waals surface area contributed by atoms with Gasteiger partial charge in [0.15, 0.2) is 6.10 Å². The number of amides is 1. The molecular formula is C12H13Cl2NO2. The highest BCUT2D eigenvalue weighted by Gasteiger charge is 2.15. The van der Waals surface area contributed by atoms with Gasteiger partial charge in [-0.1, -0.05) is 29.3 Å². The fourth-order valence-corrected chi connectivity index (χ4v) is 1.58. The average molecular weight is 274 g/mol. The SMILES string of the molecule is C=CCNC(=O)C(C)Oc1ccc(Cl)cc1Cl. The number of halogens is 2. The van der Waals surface area contributed by atoms with Crippen LogP contribution in [-0.4, -0.2) is 18.6 Å². The van der Waals surface area contributed by atoms with Gasteiger partial charge >= 0.3 is 0 Å². The number of hydrogen-bond acceptors (Lipinski definition) is 2. The summed E-state index contributed by atoms with van der Waals surface area (Å²) in [6.45, 7) is 5.55. The Bertz CT molecular complexity index is 421. The Morgan fingerprint density at radius 2 is 2.29 bits per heavy atom. The molecule has 0 saturated carbocycles. The number of carbonyl (C=O) groups excluding carboxylic acids is 1. The average Bonchev–Trinajstić information content (AvgIpc) is 2.29. The third-order valence-corrected chi connectivity index (χ3v) is 2.52. The first-order valence-corrected chi connectivity index (χ1v) is 5.80. The van der Waals surface area contributed by atoms with Crippen molar-refractivity contribution in [1.82, 2.24) is 5.32 Å². The summed E-state index contributed by atoms with van der Waals surface area (Å²) < 4.78 is 5.42. The first kappa shape index (κ1) is 13.9. The summed E-state index contributed by atoms with van der Waals surface area (Å²) in [5, 5.41) is 3.53. The van der Waals surface area contributed by atoms with Gasteiger partial charge in [0, 0.05) is 11.6 Å². The van der Waals surface area contributed by atoms with Gasteiger partial charge in [-0.25, -0.2) is 0 Å². The van der Waals surface area contributed by atoms with Gasteiger partial charge in [-0.05, 0) is 25.1 Å². The zero-order valence-electron chi connectivity index (χ0n) is 9.37. The lowest BCUT2D eigenvalue weighted by Gasteiger charge is -2.15. The van der Waals surface area contributed by atoms with E-state index in [4.69, 9.17) is 27.9 Å². The van der Waals surface area contributed by atoms with E-state index >= 15 is 0 Å².